The summed E-state index contributed by atoms with van der Waals surface area (Å²) in [7, 11) is 1.60. The van der Waals surface area contributed by atoms with Gasteiger partial charge in [-0.05, 0) is 25.0 Å². The average Bonchev–Trinajstić information content (AvgIpc) is 3.20. The van der Waals surface area contributed by atoms with Crippen LogP contribution in [0.2, 0.25) is 0 Å². The molecule has 0 amide bonds. The van der Waals surface area contributed by atoms with Crippen LogP contribution in [0, 0.1) is 0 Å². The lowest BCUT2D eigenvalue weighted by molar-refractivity contribution is 0.114. The molecule has 6 heteroatoms. The van der Waals surface area contributed by atoms with E-state index >= 15 is 0 Å². The van der Waals surface area contributed by atoms with E-state index < -0.39 is 0 Å². The van der Waals surface area contributed by atoms with Gasteiger partial charge in [0, 0.05) is 25.4 Å². The molecule has 1 fully saturated rings. The first kappa shape index (κ1) is 13.9. The van der Waals surface area contributed by atoms with Crippen molar-refractivity contribution in [2.75, 3.05) is 25.2 Å². The number of rotatable bonds is 6. The fourth-order valence-electron chi connectivity index (χ4n) is 2.44. The van der Waals surface area contributed by atoms with Gasteiger partial charge >= 0.3 is 0 Å². The van der Waals surface area contributed by atoms with E-state index in [9.17, 15) is 0 Å². The Morgan fingerprint density at radius 3 is 3.10 bits per heavy atom. The fourth-order valence-corrected chi connectivity index (χ4v) is 2.44. The molecule has 6 nitrogen and oxygen atoms in total. The number of hydrogen-bond donors (Lipinski definition) is 0. The maximum Gasteiger partial charge on any atom is 0.229 e. The van der Waals surface area contributed by atoms with Crippen molar-refractivity contribution >= 4 is 5.95 Å². The minimum atomic E-state index is 0.217. The number of furan rings is 1. The maximum atomic E-state index is 5.72. The van der Waals surface area contributed by atoms with E-state index in [0.717, 1.165) is 31.8 Å². The van der Waals surface area contributed by atoms with Crippen LogP contribution in [0.3, 0.4) is 0 Å². The highest BCUT2D eigenvalue weighted by atomic mass is 16.5. The van der Waals surface area contributed by atoms with E-state index in [0.29, 0.717) is 18.4 Å². The van der Waals surface area contributed by atoms with E-state index in [-0.39, 0.29) is 6.10 Å². The summed E-state index contributed by atoms with van der Waals surface area (Å²) in [5.74, 6) is 2.05. The molecular formula is C15H19N3O3. The van der Waals surface area contributed by atoms with Crippen LogP contribution in [0.5, 0.6) is 5.88 Å². The highest BCUT2D eigenvalue weighted by Gasteiger charge is 2.22. The van der Waals surface area contributed by atoms with Crippen molar-refractivity contribution in [3.8, 4) is 5.88 Å². The first-order valence-corrected chi connectivity index (χ1v) is 7.11. The van der Waals surface area contributed by atoms with Gasteiger partial charge in [0.2, 0.25) is 11.8 Å². The van der Waals surface area contributed by atoms with Crippen molar-refractivity contribution in [3.63, 3.8) is 0 Å². The molecule has 0 N–H and O–H groups in total. The summed E-state index contributed by atoms with van der Waals surface area (Å²) in [4.78, 5) is 10.8. The molecule has 1 atom stereocenters. The molecule has 0 bridgehead atoms. The van der Waals surface area contributed by atoms with Gasteiger partial charge in [-0.3, -0.25) is 0 Å². The number of hydrogen-bond acceptors (Lipinski definition) is 6. The molecule has 1 aliphatic heterocycles. The van der Waals surface area contributed by atoms with Gasteiger partial charge in [0.25, 0.3) is 0 Å². The second-order valence-electron chi connectivity index (χ2n) is 4.99. The molecule has 1 aliphatic rings. The summed E-state index contributed by atoms with van der Waals surface area (Å²) in [6, 6.07) is 5.56. The van der Waals surface area contributed by atoms with Gasteiger partial charge in [0.15, 0.2) is 0 Å². The Morgan fingerprint density at radius 1 is 1.43 bits per heavy atom. The normalized spacial score (nSPS) is 17.9. The highest BCUT2D eigenvalue weighted by molar-refractivity contribution is 5.33. The minimum Gasteiger partial charge on any atom is -0.481 e. The lowest BCUT2D eigenvalue weighted by atomic mass is 10.2. The Kier molecular flexibility index (Phi) is 4.35. The van der Waals surface area contributed by atoms with Crippen molar-refractivity contribution in [3.05, 3.63) is 36.4 Å². The zero-order chi connectivity index (χ0) is 14.5. The van der Waals surface area contributed by atoms with E-state index in [1.165, 1.54) is 0 Å². The number of anilines is 1. The summed E-state index contributed by atoms with van der Waals surface area (Å²) in [6.45, 7) is 2.19. The Balaban J connectivity index is 1.79. The maximum absolute atomic E-state index is 5.72. The third-order valence-electron chi connectivity index (χ3n) is 3.48. The van der Waals surface area contributed by atoms with Crippen LogP contribution < -0.4 is 9.64 Å². The zero-order valence-corrected chi connectivity index (χ0v) is 12.1. The van der Waals surface area contributed by atoms with Gasteiger partial charge in [-0.1, -0.05) is 0 Å². The molecule has 3 rings (SSSR count). The summed E-state index contributed by atoms with van der Waals surface area (Å²) < 4.78 is 16.3. The lowest BCUT2D eigenvalue weighted by Crippen LogP contribution is -2.33. The van der Waals surface area contributed by atoms with Crippen molar-refractivity contribution < 1.29 is 13.9 Å². The summed E-state index contributed by atoms with van der Waals surface area (Å²) in [6.07, 6.45) is 5.77. The fraction of sp³-hybridized carbons (Fsp3) is 0.467. The van der Waals surface area contributed by atoms with Crippen molar-refractivity contribution in [2.24, 2.45) is 0 Å². The zero-order valence-electron chi connectivity index (χ0n) is 12.1. The SMILES string of the molecule is COc1ccnc(N(Cc2ccco2)C[C@H]2CCCO2)n1. The van der Waals surface area contributed by atoms with Gasteiger partial charge in [0.05, 0.1) is 26.0 Å². The average molecular weight is 289 g/mol. The molecule has 0 aliphatic carbocycles. The predicted molar refractivity (Wildman–Crippen MR) is 77.3 cm³/mol. The number of methoxy groups -OCH3 is 1. The topological polar surface area (TPSA) is 60.6 Å². The molecule has 0 unspecified atom stereocenters. The molecular weight excluding hydrogens is 270 g/mol. The van der Waals surface area contributed by atoms with Crippen LogP contribution in [0.1, 0.15) is 18.6 Å². The van der Waals surface area contributed by atoms with Gasteiger partial charge in [-0.15, -0.1) is 0 Å². The predicted octanol–water partition coefficient (Wildman–Crippen LogP) is 2.26. The Hall–Kier alpha value is -2.08. The Labute approximate surface area is 123 Å². The Bertz CT molecular complexity index is 553. The largest absolute Gasteiger partial charge is 0.481 e. The van der Waals surface area contributed by atoms with Gasteiger partial charge in [-0.2, -0.15) is 4.98 Å². The molecule has 0 aromatic carbocycles. The minimum absolute atomic E-state index is 0.217. The van der Waals surface area contributed by atoms with Crippen LogP contribution in [-0.4, -0.2) is 36.3 Å². The second-order valence-corrected chi connectivity index (χ2v) is 4.99. The number of ether oxygens (including phenoxy) is 2. The van der Waals surface area contributed by atoms with Crippen LogP contribution in [-0.2, 0) is 11.3 Å². The van der Waals surface area contributed by atoms with Crippen LogP contribution in [0.15, 0.2) is 35.1 Å². The van der Waals surface area contributed by atoms with E-state index in [1.54, 1.807) is 25.6 Å². The molecule has 3 heterocycles. The van der Waals surface area contributed by atoms with Crippen LogP contribution >= 0.6 is 0 Å². The Morgan fingerprint density at radius 2 is 2.38 bits per heavy atom. The molecule has 2 aromatic heterocycles. The van der Waals surface area contributed by atoms with Crippen LogP contribution in [0.4, 0.5) is 5.95 Å². The van der Waals surface area contributed by atoms with E-state index in [4.69, 9.17) is 13.9 Å². The summed E-state index contributed by atoms with van der Waals surface area (Å²) in [5, 5.41) is 0. The third-order valence-corrected chi connectivity index (χ3v) is 3.48. The molecule has 0 saturated carbocycles. The van der Waals surface area contributed by atoms with E-state index in [2.05, 4.69) is 14.9 Å². The molecule has 21 heavy (non-hydrogen) atoms. The first-order chi connectivity index (χ1) is 10.3. The van der Waals surface area contributed by atoms with Crippen molar-refractivity contribution in [1.29, 1.82) is 0 Å². The number of nitrogens with zero attached hydrogens (tertiary/aromatic N) is 3. The summed E-state index contributed by atoms with van der Waals surface area (Å²) >= 11 is 0. The highest BCUT2D eigenvalue weighted by Crippen LogP contribution is 2.20. The molecule has 112 valence electrons. The van der Waals surface area contributed by atoms with E-state index in [1.807, 2.05) is 12.1 Å². The smallest absolute Gasteiger partial charge is 0.229 e. The monoisotopic (exact) mass is 289 g/mol. The second kappa shape index (κ2) is 6.58. The molecule has 1 saturated heterocycles. The van der Waals surface area contributed by atoms with Crippen LogP contribution in [0.25, 0.3) is 0 Å². The van der Waals surface area contributed by atoms with Gasteiger partial charge < -0.3 is 18.8 Å². The molecule has 0 radical (unpaired) electrons. The quantitative estimate of drug-likeness (QED) is 0.813. The number of aromatic nitrogens is 2. The summed E-state index contributed by atoms with van der Waals surface area (Å²) in [5.41, 5.74) is 0. The molecule has 2 aromatic rings. The standard InChI is InChI=1S/C15H19N3O3/c1-19-14-6-7-16-15(17-14)18(10-12-4-2-8-20-12)11-13-5-3-9-21-13/h2,4,6-8,13H,3,5,9-11H2,1H3/t13-/m1/s1. The van der Waals surface area contributed by atoms with Gasteiger partial charge in [0.1, 0.15) is 5.76 Å². The van der Waals surface area contributed by atoms with Crippen molar-refractivity contribution in [2.45, 2.75) is 25.5 Å². The lowest BCUT2D eigenvalue weighted by Gasteiger charge is -2.24. The third kappa shape index (κ3) is 3.52. The van der Waals surface area contributed by atoms with Gasteiger partial charge in [-0.25, -0.2) is 4.98 Å². The molecule has 0 spiro atoms. The first-order valence-electron chi connectivity index (χ1n) is 7.11. The van der Waals surface area contributed by atoms with Crippen molar-refractivity contribution in [1.82, 2.24) is 9.97 Å².